The lowest BCUT2D eigenvalue weighted by atomic mass is 10.1. The van der Waals surface area contributed by atoms with Gasteiger partial charge in [0.2, 0.25) is 5.95 Å². The summed E-state index contributed by atoms with van der Waals surface area (Å²) in [6.07, 6.45) is 0. The van der Waals surface area contributed by atoms with Crippen LogP contribution >= 0.6 is 11.6 Å². The summed E-state index contributed by atoms with van der Waals surface area (Å²) in [4.78, 5) is 22.2. The molecule has 1 aliphatic rings. The van der Waals surface area contributed by atoms with E-state index in [-0.39, 0.29) is 11.9 Å². The molecule has 1 atom stereocenters. The molecule has 0 spiro atoms. The Balaban J connectivity index is 1.48. The largest absolute Gasteiger partial charge is 0.497 e. The molecule has 4 aromatic rings. The fourth-order valence-corrected chi connectivity index (χ4v) is 4.59. The molecule has 34 heavy (non-hydrogen) atoms. The van der Waals surface area contributed by atoms with Gasteiger partial charge in [-0.3, -0.25) is 4.79 Å². The monoisotopic (exact) mass is 480 g/mol. The number of hydrogen-bond donors (Lipinski definition) is 0. The van der Waals surface area contributed by atoms with Crippen molar-refractivity contribution >= 4 is 40.0 Å². The van der Waals surface area contributed by atoms with E-state index >= 15 is 0 Å². The number of fused-ring (bicyclic) bond motifs is 3. The van der Waals surface area contributed by atoms with Crippen molar-refractivity contribution in [1.82, 2.24) is 24.5 Å². The standard InChI is InChI=1S/C24H25ClN6O3/c1-15-13-29(10-11-30(15)23(32)16-4-7-18(34-3)8-5-16)24-26-20-12-17(25)6-9-19(20)22-28-27-21(14-33-2)31(22)24/h4-9,12,15H,10-11,13-14H2,1-3H3. The second kappa shape index (κ2) is 9.08. The van der Waals surface area contributed by atoms with Crippen molar-refractivity contribution < 1.29 is 14.3 Å². The highest BCUT2D eigenvalue weighted by atomic mass is 35.5. The van der Waals surface area contributed by atoms with Crippen molar-refractivity contribution in [3.8, 4) is 5.75 Å². The molecule has 1 amide bonds. The maximum absolute atomic E-state index is 13.2. The van der Waals surface area contributed by atoms with Crippen LogP contribution in [0.25, 0.3) is 16.6 Å². The third-order valence-electron chi connectivity index (χ3n) is 6.13. The molecule has 5 rings (SSSR count). The van der Waals surface area contributed by atoms with E-state index in [0.29, 0.717) is 54.2 Å². The van der Waals surface area contributed by atoms with Crippen LogP contribution in [0.4, 0.5) is 5.95 Å². The minimum absolute atomic E-state index is 0.00238. The van der Waals surface area contributed by atoms with Gasteiger partial charge in [-0.1, -0.05) is 11.6 Å². The highest BCUT2D eigenvalue weighted by Crippen LogP contribution is 2.28. The number of hydrogen-bond acceptors (Lipinski definition) is 7. The average Bonchev–Trinajstić information content (AvgIpc) is 3.27. The number of rotatable bonds is 5. The smallest absolute Gasteiger partial charge is 0.254 e. The van der Waals surface area contributed by atoms with Gasteiger partial charge in [0.05, 0.1) is 12.6 Å². The first-order valence-corrected chi connectivity index (χ1v) is 11.4. The van der Waals surface area contributed by atoms with Gasteiger partial charge >= 0.3 is 0 Å². The summed E-state index contributed by atoms with van der Waals surface area (Å²) < 4.78 is 12.5. The Morgan fingerprint density at radius 3 is 2.62 bits per heavy atom. The number of carbonyl (C=O) groups excluding carboxylic acids is 1. The van der Waals surface area contributed by atoms with Gasteiger partial charge in [0.15, 0.2) is 11.5 Å². The van der Waals surface area contributed by atoms with Crippen LogP contribution in [0.2, 0.25) is 5.02 Å². The van der Waals surface area contributed by atoms with Crippen LogP contribution in [0.3, 0.4) is 0 Å². The molecule has 2 aromatic carbocycles. The first-order chi connectivity index (χ1) is 16.5. The zero-order chi connectivity index (χ0) is 23.8. The summed E-state index contributed by atoms with van der Waals surface area (Å²) in [6, 6.07) is 12.7. The topological polar surface area (TPSA) is 85.1 Å². The van der Waals surface area contributed by atoms with Gasteiger partial charge in [-0.25, -0.2) is 9.38 Å². The summed E-state index contributed by atoms with van der Waals surface area (Å²) in [6.45, 7) is 4.14. The Labute approximate surface area is 201 Å². The lowest BCUT2D eigenvalue weighted by Gasteiger charge is -2.40. The van der Waals surface area contributed by atoms with E-state index < -0.39 is 0 Å². The van der Waals surface area contributed by atoms with Crippen LogP contribution in [0, 0.1) is 0 Å². The lowest BCUT2D eigenvalue weighted by Crippen LogP contribution is -2.54. The molecule has 0 bridgehead atoms. The second-order valence-corrected chi connectivity index (χ2v) is 8.74. The van der Waals surface area contributed by atoms with Crippen molar-refractivity contribution in [3.63, 3.8) is 0 Å². The molecular formula is C24H25ClN6O3. The molecular weight excluding hydrogens is 456 g/mol. The fraction of sp³-hybridized carbons (Fsp3) is 0.333. The number of methoxy groups -OCH3 is 2. The lowest BCUT2D eigenvalue weighted by molar-refractivity contribution is 0.0673. The van der Waals surface area contributed by atoms with E-state index in [1.807, 2.05) is 34.4 Å². The summed E-state index contributed by atoms with van der Waals surface area (Å²) in [5.41, 5.74) is 2.09. The number of benzene rings is 2. The van der Waals surface area contributed by atoms with Crippen molar-refractivity contribution in [1.29, 1.82) is 0 Å². The van der Waals surface area contributed by atoms with E-state index in [1.165, 1.54) is 0 Å². The van der Waals surface area contributed by atoms with Crippen molar-refractivity contribution in [3.05, 3.63) is 58.9 Å². The number of carbonyl (C=O) groups is 1. The summed E-state index contributed by atoms with van der Waals surface area (Å²) in [5, 5.41) is 10.2. The van der Waals surface area contributed by atoms with Gasteiger partial charge in [-0.2, -0.15) is 0 Å². The molecule has 3 heterocycles. The van der Waals surface area contributed by atoms with Gasteiger partial charge < -0.3 is 19.3 Å². The molecule has 0 radical (unpaired) electrons. The molecule has 10 heteroatoms. The number of nitrogens with zero attached hydrogens (tertiary/aromatic N) is 6. The van der Waals surface area contributed by atoms with Gasteiger partial charge in [-0.15, -0.1) is 10.2 Å². The van der Waals surface area contributed by atoms with Crippen LogP contribution < -0.4 is 9.64 Å². The maximum atomic E-state index is 13.2. The molecule has 1 fully saturated rings. The van der Waals surface area contributed by atoms with Gasteiger partial charge in [0.25, 0.3) is 5.91 Å². The number of piperazine rings is 1. The van der Waals surface area contributed by atoms with Crippen molar-refractivity contribution in [2.45, 2.75) is 19.6 Å². The average molecular weight is 481 g/mol. The maximum Gasteiger partial charge on any atom is 0.254 e. The van der Waals surface area contributed by atoms with E-state index in [2.05, 4.69) is 15.1 Å². The van der Waals surface area contributed by atoms with E-state index in [1.54, 1.807) is 38.5 Å². The molecule has 0 saturated carbocycles. The molecule has 9 nitrogen and oxygen atoms in total. The van der Waals surface area contributed by atoms with Crippen LogP contribution in [0.5, 0.6) is 5.75 Å². The SMILES string of the molecule is COCc1nnc2c3ccc(Cl)cc3nc(N3CCN(C(=O)c4ccc(OC)cc4)C(C)C3)n12. The van der Waals surface area contributed by atoms with Gasteiger partial charge in [0.1, 0.15) is 12.4 Å². The summed E-state index contributed by atoms with van der Waals surface area (Å²) in [7, 11) is 3.23. The minimum atomic E-state index is -0.0300. The number of amides is 1. The highest BCUT2D eigenvalue weighted by molar-refractivity contribution is 6.31. The van der Waals surface area contributed by atoms with Crippen LogP contribution in [0.1, 0.15) is 23.1 Å². The van der Waals surface area contributed by atoms with Crippen molar-refractivity contribution in [2.75, 3.05) is 38.8 Å². The zero-order valence-electron chi connectivity index (χ0n) is 19.2. The van der Waals surface area contributed by atoms with Crippen LogP contribution in [0.15, 0.2) is 42.5 Å². The predicted octanol–water partition coefficient (Wildman–Crippen LogP) is 3.44. The summed E-state index contributed by atoms with van der Waals surface area (Å²) in [5.74, 6) is 2.11. The molecule has 0 aliphatic carbocycles. The molecule has 2 aromatic heterocycles. The van der Waals surface area contributed by atoms with Crippen LogP contribution in [-0.4, -0.2) is 70.3 Å². The number of aromatic nitrogens is 4. The Kier molecular flexibility index (Phi) is 5.97. The van der Waals surface area contributed by atoms with Gasteiger partial charge in [0, 0.05) is 48.8 Å². The first kappa shape index (κ1) is 22.4. The molecule has 176 valence electrons. The highest BCUT2D eigenvalue weighted by Gasteiger charge is 2.31. The molecule has 0 N–H and O–H groups in total. The Bertz CT molecular complexity index is 1360. The summed E-state index contributed by atoms with van der Waals surface area (Å²) >= 11 is 6.25. The molecule has 1 saturated heterocycles. The second-order valence-electron chi connectivity index (χ2n) is 8.30. The van der Waals surface area contributed by atoms with E-state index in [9.17, 15) is 4.79 Å². The van der Waals surface area contributed by atoms with Crippen LogP contribution in [-0.2, 0) is 11.3 Å². The minimum Gasteiger partial charge on any atom is -0.497 e. The van der Waals surface area contributed by atoms with Gasteiger partial charge in [-0.05, 0) is 49.4 Å². The normalized spacial score (nSPS) is 16.4. The molecule has 1 aliphatic heterocycles. The third-order valence-corrected chi connectivity index (χ3v) is 6.37. The number of anilines is 1. The quantitative estimate of drug-likeness (QED) is 0.432. The predicted molar refractivity (Wildman–Crippen MR) is 130 cm³/mol. The number of halogens is 1. The van der Waals surface area contributed by atoms with Crippen molar-refractivity contribution in [2.24, 2.45) is 0 Å². The van der Waals surface area contributed by atoms with E-state index in [4.69, 9.17) is 26.1 Å². The number of ether oxygens (including phenoxy) is 2. The molecule has 1 unspecified atom stereocenters. The third kappa shape index (κ3) is 3.91. The fourth-order valence-electron chi connectivity index (χ4n) is 4.42. The first-order valence-electron chi connectivity index (χ1n) is 11.0. The Morgan fingerprint density at radius 1 is 1.12 bits per heavy atom. The Hall–Kier alpha value is -3.43. The Morgan fingerprint density at radius 2 is 1.91 bits per heavy atom. The zero-order valence-corrected chi connectivity index (χ0v) is 20.0. The van der Waals surface area contributed by atoms with E-state index in [0.717, 1.165) is 16.7 Å².